The second-order valence-electron chi connectivity index (χ2n) is 4.28. The lowest BCUT2D eigenvalue weighted by molar-refractivity contribution is 0.0977. The topological polar surface area (TPSA) is 41.1 Å². The molecule has 0 saturated carbocycles. The molecular weight excluding hydrogens is 383 g/mol. The van der Waals surface area contributed by atoms with Crippen LogP contribution in [0.15, 0.2) is 48.5 Å². The van der Waals surface area contributed by atoms with Gasteiger partial charge in [-0.15, -0.1) is 0 Å². The van der Waals surface area contributed by atoms with Crippen molar-refractivity contribution in [1.29, 1.82) is 0 Å². The molecule has 0 saturated heterocycles. The SMILES string of the molecule is Cc1cccc(C(=O)NC(=S)Nc2ccc(I)cc2)c1. The fourth-order valence-corrected chi connectivity index (χ4v) is 2.23. The minimum Gasteiger partial charge on any atom is -0.332 e. The number of rotatable bonds is 2. The van der Waals surface area contributed by atoms with Gasteiger partial charge in [-0.1, -0.05) is 17.7 Å². The second-order valence-corrected chi connectivity index (χ2v) is 5.94. The van der Waals surface area contributed by atoms with Gasteiger partial charge in [0.2, 0.25) is 0 Å². The summed E-state index contributed by atoms with van der Waals surface area (Å²) in [5.74, 6) is -0.211. The van der Waals surface area contributed by atoms with Crippen molar-refractivity contribution in [3.63, 3.8) is 0 Å². The molecule has 0 bridgehead atoms. The van der Waals surface area contributed by atoms with Crippen LogP contribution in [0.25, 0.3) is 0 Å². The lowest BCUT2D eigenvalue weighted by atomic mass is 10.1. The molecule has 1 amide bonds. The molecule has 20 heavy (non-hydrogen) atoms. The number of hydrogen-bond acceptors (Lipinski definition) is 2. The van der Waals surface area contributed by atoms with Crippen molar-refractivity contribution in [3.8, 4) is 0 Å². The van der Waals surface area contributed by atoms with Crippen molar-refractivity contribution in [2.24, 2.45) is 0 Å². The molecule has 0 atom stereocenters. The standard InChI is InChI=1S/C15H13IN2OS/c1-10-3-2-4-11(9-10)14(19)18-15(20)17-13-7-5-12(16)6-8-13/h2-9H,1H3,(H2,17,18,19,20). The lowest BCUT2D eigenvalue weighted by Gasteiger charge is -2.10. The van der Waals surface area contributed by atoms with Crippen LogP contribution in [0.2, 0.25) is 0 Å². The Bertz CT molecular complexity index is 641. The highest BCUT2D eigenvalue weighted by atomic mass is 127. The molecule has 0 aliphatic heterocycles. The summed E-state index contributed by atoms with van der Waals surface area (Å²) in [6.07, 6.45) is 0. The zero-order valence-corrected chi connectivity index (χ0v) is 13.8. The lowest BCUT2D eigenvalue weighted by Crippen LogP contribution is -2.34. The normalized spacial score (nSPS) is 9.90. The Morgan fingerprint density at radius 3 is 2.50 bits per heavy atom. The predicted octanol–water partition coefficient (Wildman–Crippen LogP) is 3.73. The van der Waals surface area contributed by atoms with Crippen LogP contribution < -0.4 is 10.6 Å². The number of aryl methyl sites for hydroxylation is 1. The zero-order chi connectivity index (χ0) is 14.5. The summed E-state index contributed by atoms with van der Waals surface area (Å²) in [6, 6.07) is 15.1. The number of hydrogen-bond donors (Lipinski definition) is 2. The minimum atomic E-state index is -0.211. The summed E-state index contributed by atoms with van der Waals surface area (Å²) in [4.78, 5) is 12.0. The Morgan fingerprint density at radius 2 is 1.85 bits per heavy atom. The highest BCUT2D eigenvalue weighted by molar-refractivity contribution is 14.1. The zero-order valence-electron chi connectivity index (χ0n) is 10.8. The first-order valence-corrected chi connectivity index (χ1v) is 7.48. The van der Waals surface area contributed by atoms with Crippen LogP contribution in [0, 0.1) is 10.5 Å². The third-order valence-corrected chi connectivity index (χ3v) is 3.53. The van der Waals surface area contributed by atoms with Crippen molar-refractivity contribution < 1.29 is 4.79 Å². The monoisotopic (exact) mass is 396 g/mol. The summed E-state index contributed by atoms with van der Waals surface area (Å²) in [7, 11) is 0. The first kappa shape index (κ1) is 14.9. The molecule has 5 heteroatoms. The predicted molar refractivity (Wildman–Crippen MR) is 94.0 cm³/mol. The van der Waals surface area contributed by atoms with Crippen molar-refractivity contribution in [2.75, 3.05) is 5.32 Å². The van der Waals surface area contributed by atoms with E-state index in [4.69, 9.17) is 12.2 Å². The van der Waals surface area contributed by atoms with E-state index in [0.717, 1.165) is 14.8 Å². The third-order valence-electron chi connectivity index (χ3n) is 2.61. The molecule has 2 N–H and O–H groups in total. The van der Waals surface area contributed by atoms with Crippen molar-refractivity contribution in [2.45, 2.75) is 6.92 Å². The van der Waals surface area contributed by atoms with Crippen molar-refractivity contribution in [1.82, 2.24) is 5.32 Å². The van der Waals surface area contributed by atoms with E-state index in [1.54, 1.807) is 6.07 Å². The molecule has 0 unspecified atom stereocenters. The Labute approximate surface area is 136 Å². The third kappa shape index (κ3) is 4.28. The van der Waals surface area contributed by atoms with Gasteiger partial charge in [0, 0.05) is 14.8 Å². The van der Waals surface area contributed by atoms with Crippen LogP contribution in [0.3, 0.4) is 0 Å². The molecule has 2 aromatic rings. The van der Waals surface area contributed by atoms with E-state index < -0.39 is 0 Å². The number of benzene rings is 2. The van der Waals surface area contributed by atoms with Crippen LogP contribution in [-0.2, 0) is 0 Å². The summed E-state index contributed by atoms with van der Waals surface area (Å²) in [6.45, 7) is 1.94. The largest absolute Gasteiger partial charge is 0.332 e. The molecule has 102 valence electrons. The van der Waals surface area contributed by atoms with E-state index in [-0.39, 0.29) is 11.0 Å². The van der Waals surface area contributed by atoms with Gasteiger partial charge in [0.25, 0.3) is 5.91 Å². The molecule has 0 heterocycles. The van der Waals surface area contributed by atoms with Gasteiger partial charge >= 0.3 is 0 Å². The molecular formula is C15H13IN2OS. The highest BCUT2D eigenvalue weighted by Crippen LogP contribution is 2.11. The van der Waals surface area contributed by atoms with Gasteiger partial charge in [-0.25, -0.2) is 0 Å². The first-order valence-electron chi connectivity index (χ1n) is 5.99. The van der Waals surface area contributed by atoms with Crippen LogP contribution in [0.4, 0.5) is 5.69 Å². The molecule has 2 rings (SSSR count). The molecule has 0 fully saturated rings. The highest BCUT2D eigenvalue weighted by Gasteiger charge is 2.07. The Hall–Kier alpha value is -1.47. The average Bonchev–Trinajstić information content (AvgIpc) is 2.41. The number of amides is 1. The first-order chi connectivity index (χ1) is 9.54. The number of nitrogens with one attached hydrogen (secondary N) is 2. The van der Waals surface area contributed by atoms with E-state index in [0.29, 0.717) is 5.56 Å². The fourth-order valence-electron chi connectivity index (χ4n) is 1.66. The summed E-state index contributed by atoms with van der Waals surface area (Å²) >= 11 is 7.36. The average molecular weight is 396 g/mol. The molecule has 0 aromatic heterocycles. The van der Waals surface area contributed by atoms with Crippen molar-refractivity contribution >= 4 is 51.5 Å². The second kappa shape index (κ2) is 6.81. The number of carbonyl (C=O) groups is 1. The quantitative estimate of drug-likeness (QED) is 0.601. The smallest absolute Gasteiger partial charge is 0.257 e. The van der Waals surface area contributed by atoms with E-state index >= 15 is 0 Å². The van der Waals surface area contributed by atoms with E-state index in [1.807, 2.05) is 49.4 Å². The molecule has 2 aromatic carbocycles. The van der Waals surface area contributed by atoms with Gasteiger partial charge in [-0.2, -0.15) is 0 Å². The number of anilines is 1. The van der Waals surface area contributed by atoms with Crippen molar-refractivity contribution in [3.05, 3.63) is 63.2 Å². The van der Waals surface area contributed by atoms with Crippen LogP contribution >= 0.6 is 34.8 Å². The Morgan fingerprint density at radius 1 is 1.15 bits per heavy atom. The number of thiocarbonyl (C=S) groups is 1. The minimum absolute atomic E-state index is 0.211. The maximum atomic E-state index is 12.0. The fraction of sp³-hybridized carbons (Fsp3) is 0.0667. The van der Waals surface area contributed by atoms with Gasteiger partial charge < -0.3 is 5.32 Å². The van der Waals surface area contributed by atoms with Gasteiger partial charge in [0.1, 0.15) is 0 Å². The summed E-state index contributed by atoms with van der Waals surface area (Å²) in [5, 5.41) is 5.94. The van der Waals surface area contributed by atoms with Gasteiger partial charge in [0.05, 0.1) is 0 Å². The van der Waals surface area contributed by atoms with Crippen LogP contribution in [0.5, 0.6) is 0 Å². The van der Waals surface area contributed by atoms with Crippen LogP contribution in [-0.4, -0.2) is 11.0 Å². The van der Waals surface area contributed by atoms with Gasteiger partial charge in [-0.3, -0.25) is 10.1 Å². The molecule has 0 aliphatic rings. The van der Waals surface area contributed by atoms with E-state index in [1.165, 1.54) is 0 Å². The number of carbonyl (C=O) groups excluding carboxylic acids is 1. The summed E-state index contributed by atoms with van der Waals surface area (Å²) in [5.41, 5.74) is 2.48. The maximum absolute atomic E-state index is 12.0. The molecule has 0 radical (unpaired) electrons. The van der Waals surface area contributed by atoms with Gasteiger partial charge in [-0.05, 0) is 78.1 Å². The molecule has 0 spiro atoms. The summed E-state index contributed by atoms with van der Waals surface area (Å²) < 4.78 is 1.14. The Kier molecular flexibility index (Phi) is 5.08. The van der Waals surface area contributed by atoms with E-state index in [9.17, 15) is 4.79 Å². The molecule has 3 nitrogen and oxygen atoms in total. The van der Waals surface area contributed by atoms with Crippen LogP contribution in [0.1, 0.15) is 15.9 Å². The number of halogens is 1. The molecule has 0 aliphatic carbocycles. The Balaban J connectivity index is 1.97. The maximum Gasteiger partial charge on any atom is 0.257 e. The van der Waals surface area contributed by atoms with E-state index in [2.05, 4.69) is 33.2 Å². The van der Waals surface area contributed by atoms with Gasteiger partial charge in [0.15, 0.2) is 5.11 Å².